The third kappa shape index (κ3) is 3.84. The highest BCUT2D eigenvalue weighted by molar-refractivity contribution is 7.09. The van der Waals surface area contributed by atoms with Gasteiger partial charge >= 0.3 is 0 Å². The van der Waals surface area contributed by atoms with Crippen molar-refractivity contribution in [2.75, 3.05) is 19.6 Å². The normalized spacial score (nSPS) is 23.2. The summed E-state index contributed by atoms with van der Waals surface area (Å²) >= 11 is 1.63. The zero-order chi connectivity index (χ0) is 17.9. The zero-order valence-electron chi connectivity index (χ0n) is 15.4. The Morgan fingerprint density at radius 1 is 1.19 bits per heavy atom. The second-order valence-corrected chi connectivity index (χ2v) is 8.55. The summed E-state index contributed by atoms with van der Waals surface area (Å²) in [6.07, 6.45) is 4.39. The lowest BCUT2D eigenvalue weighted by Crippen LogP contribution is -2.47. The maximum Gasteiger partial charge on any atom is 0.273 e. The number of carbonyl (C=O) groups is 1. The summed E-state index contributed by atoms with van der Waals surface area (Å²) in [6, 6.07) is 11.0. The van der Waals surface area contributed by atoms with Crippen LogP contribution >= 0.6 is 11.3 Å². The topological polar surface area (TPSA) is 36.4 Å². The number of hydrogen-bond acceptors (Lipinski definition) is 4. The molecule has 138 valence electrons. The number of carbonyl (C=O) groups excluding carboxylic acids is 1. The van der Waals surface area contributed by atoms with E-state index in [2.05, 4.69) is 52.0 Å². The van der Waals surface area contributed by atoms with Crippen molar-refractivity contribution < 1.29 is 4.79 Å². The van der Waals surface area contributed by atoms with Crippen molar-refractivity contribution in [1.29, 1.82) is 0 Å². The molecule has 0 saturated carbocycles. The minimum absolute atomic E-state index is 0.139. The molecule has 26 heavy (non-hydrogen) atoms. The van der Waals surface area contributed by atoms with Crippen LogP contribution in [0.4, 0.5) is 0 Å². The molecule has 0 radical (unpaired) electrons. The van der Waals surface area contributed by atoms with E-state index in [1.165, 1.54) is 12.0 Å². The minimum Gasteiger partial charge on any atom is -0.333 e. The molecule has 3 saturated heterocycles. The fraction of sp³-hybridized carbons (Fsp3) is 0.524. The Hall–Kier alpha value is -1.72. The van der Waals surface area contributed by atoms with E-state index in [9.17, 15) is 4.79 Å². The average molecular weight is 370 g/mol. The molecular formula is C21H27N3OS. The second-order valence-electron chi connectivity index (χ2n) is 7.61. The van der Waals surface area contributed by atoms with Gasteiger partial charge in [-0.2, -0.15) is 0 Å². The molecule has 4 nitrogen and oxygen atoms in total. The molecule has 3 aliphatic heterocycles. The van der Waals surface area contributed by atoms with E-state index in [1.807, 2.05) is 5.38 Å². The Kier molecular flexibility index (Phi) is 5.36. The Morgan fingerprint density at radius 3 is 2.85 bits per heavy atom. The molecule has 0 N–H and O–H groups in total. The van der Waals surface area contributed by atoms with Crippen LogP contribution in [0.2, 0.25) is 0 Å². The van der Waals surface area contributed by atoms with E-state index in [0.717, 1.165) is 50.4 Å². The lowest BCUT2D eigenvalue weighted by molar-refractivity contribution is 0.0579. The van der Waals surface area contributed by atoms with Gasteiger partial charge in [-0.25, -0.2) is 4.98 Å². The molecule has 0 spiro atoms. The number of nitrogens with zero attached hydrogens (tertiary/aromatic N) is 3. The summed E-state index contributed by atoms with van der Waals surface area (Å²) in [4.78, 5) is 22.3. The van der Waals surface area contributed by atoms with Crippen molar-refractivity contribution in [3.63, 3.8) is 0 Å². The van der Waals surface area contributed by atoms with Crippen molar-refractivity contribution in [3.8, 4) is 0 Å². The summed E-state index contributed by atoms with van der Waals surface area (Å²) < 4.78 is 0. The van der Waals surface area contributed by atoms with Crippen molar-refractivity contribution in [1.82, 2.24) is 14.8 Å². The molecule has 5 rings (SSSR count). The molecule has 0 aliphatic carbocycles. The molecule has 3 aliphatic rings. The third-order valence-electron chi connectivity index (χ3n) is 5.53. The Morgan fingerprint density at radius 2 is 2.04 bits per heavy atom. The van der Waals surface area contributed by atoms with Crippen molar-refractivity contribution in [3.05, 3.63) is 52.0 Å². The van der Waals surface area contributed by atoms with Crippen molar-refractivity contribution in [2.24, 2.45) is 5.92 Å². The van der Waals surface area contributed by atoms with E-state index in [-0.39, 0.29) is 5.91 Å². The third-order valence-corrected chi connectivity index (χ3v) is 6.44. The highest BCUT2D eigenvalue weighted by atomic mass is 32.1. The molecule has 0 unspecified atom stereocenters. The number of piperidine rings is 1. The van der Waals surface area contributed by atoms with Crippen molar-refractivity contribution in [2.45, 2.75) is 45.2 Å². The van der Waals surface area contributed by atoms with Crippen LogP contribution in [0.15, 0.2) is 35.7 Å². The van der Waals surface area contributed by atoms with Gasteiger partial charge in [0.15, 0.2) is 0 Å². The smallest absolute Gasteiger partial charge is 0.273 e. The van der Waals surface area contributed by atoms with Gasteiger partial charge in [-0.15, -0.1) is 11.3 Å². The lowest BCUT2D eigenvalue weighted by Gasteiger charge is -2.35. The van der Waals surface area contributed by atoms with Gasteiger partial charge in [-0.1, -0.05) is 37.3 Å². The van der Waals surface area contributed by atoms with E-state index in [0.29, 0.717) is 17.7 Å². The number of rotatable bonds is 5. The average Bonchev–Trinajstić information content (AvgIpc) is 2.95. The molecule has 4 heterocycles. The number of thiazole rings is 1. The van der Waals surface area contributed by atoms with Crippen LogP contribution in [0.25, 0.3) is 0 Å². The Bertz CT molecular complexity index is 745. The predicted molar refractivity (Wildman–Crippen MR) is 105 cm³/mol. The van der Waals surface area contributed by atoms with Crippen LogP contribution < -0.4 is 0 Å². The number of amides is 1. The van der Waals surface area contributed by atoms with Gasteiger partial charge in [-0.05, 0) is 37.2 Å². The second kappa shape index (κ2) is 7.89. The van der Waals surface area contributed by atoms with E-state index in [1.54, 1.807) is 11.3 Å². The van der Waals surface area contributed by atoms with Gasteiger partial charge in [0.05, 0.1) is 5.01 Å². The largest absolute Gasteiger partial charge is 0.333 e. The first-order valence-electron chi connectivity index (χ1n) is 9.74. The molecule has 2 aromatic rings. The van der Waals surface area contributed by atoms with Gasteiger partial charge in [0.2, 0.25) is 0 Å². The number of aromatic nitrogens is 1. The van der Waals surface area contributed by atoms with Crippen LogP contribution in [0.1, 0.15) is 47.2 Å². The highest BCUT2D eigenvalue weighted by Gasteiger charge is 2.37. The first-order chi connectivity index (χ1) is 12.7. The summed E-state index contributed by atoms with van der Waals surface area (Å²) in [5.41, 5.74) is 2.01. The van der Waals surface area contributed by atoms with Crippen LogP contribution in [0.5, 0.6) is 0 Å². The first kappa shape index (κ1) is 17.7. The van der Waals surface area contributed by atoms with Crippen LogP contribution in [0, 0.1) is 5.92 Å². The van der Waals surface area contributed by atoms with Crippen LogP contribution in [-0.4, -0.2) is 46.4 Å². The highest BCUT2D eigenvalue weighted by Crippen LogP contribution is 2.30. The molecule has 1 amide bonds. The molecule has 2 atom stereocenters. The molecular weight excluding hydrogens is 342 g/mol. The summed E-state index contributed by atoms with van der Waals surface area (Å²) in [5, 5.41) is 3.04. The van der Waals surface area contributed by atoms with Gasteiger partial charge in [0.1, 0.15) is 5.69 Å². The molecule has 1 aromatic carbocycles. The number of benzene rings is 1. The number of aryl methyl sites for hydroxylation is 1. The van der Waals surface area contributed by atoms with Gasteiger partial charge in [0, 0.05) is 37.6 Å². The maximum atomic E-state index is 13.1. The fourth-order valence-corrected chi connectivity index (χ4v) is 5.16. The standard InChI is InChI=1S/C21H27N3OS/c1-2-6-20-22-19(15-26-20)21(25)24-13-17-9-10-18(24)14-23(12-17)11-16-7-4-3-5-8-16/h3-5,7-8,15,17-18H,2,6,9-14H2,1H3/t17-,18+/m0/s1. The predicted octanol–water partition coefficient (Wildman–Crippen LogP) is 3.83. The maximum absolute atomic E-state index is 13.1. The minimum atomic E-state index is 0.139. The first-order valence-corrected chi connectivity index (χ1v) is 10.6. The Labute approximate surface area is 159 Å². The molecule has 3 fully saturated rings. The quantitative estimate of drug-likeness (QED) is 0.804. The number of hydrogen-bond donors (Lipinski definition) is 0. The SMILES string of the molecule is CCCc1nc(C(=O)N2C[C@H]3CC[C@@H]2CN(Cc2ccccc2)C3)cs1. The Balaban J connectivity index is 1.46. The lowest BCUT2D eigenvalue weighted by atomic mass is 9.95. The summed E-state index contributed by atoms with van der Waals surface area (Å²) in [7, 11) is 0. The van der Waals surface area contributed by atoms with Crippen molar-refractivity contribution >= 4 is 17.2 Å². The molecule has 1 aromatic heterocycles. The molecule has 2 bridgehead atoms. The number of fused-ring (bicyclic) bond motifs is 4. The monoisotopic (exact) mass is 369 g/mol. The molecule has 5 heteroatoms. The fourth-order valence-electron chi connectivity index (χ4n) is 4.28. The van der Waals surface area contributed by atoms with E-state index >= 15 is 0 Å². The van der Waals surface area contributed by atoms with Crippen LogP contribution in [0.3, 0.4) is 0 Å². The van der Waals surface area contributed by atoms with Crippen LogP contribution in [-0.2, 0) is 13.0 Å². The summed E-state index contributed by atoms with van der Waals surface area (Å²) in [6.45, 7) is 6.08. The van der Waals surface area contributed by atoms with Gasteiger partial charge in [0.25, 0.3) is 5.91 Å². The zero-order valence-corrected chi connectivity index (χ0v) is 16.3. The van der Waals surface area contributed by atoms with Gasteiger partial charge < -0.3 is 4.90 Å². The van der Waals surface area contributed by atoms with Gasteiger partial charge in [-0.3, -0.25) is 9.69 Å². The van der Waals surface area contributed by atoms with E-state index < -0.39 is 0 Å². The van der Waals surface area contributed by atoms with E-state index in [4.69, 9.17) is 0 Å². The summed E-state index contributed by atoms with van der Waals surface area (Å²) in [5.74, 6) is 0.718.